The van der Waals surface area contributed by atoms with Crippen molar-refractivity contribution in [2.45, 2.75) is 37.2 Å². The molecule has 0 bridgehead atoms. The average molecular weight is 323 g/mol. The third-order valence-electron chi connectivity index (χ3n) is 2.62. The summed E-state index contributed by atoms with van der Waals surface area (Å²) in [5.74, 6) is 6.69. The van der Waals surface area contributed by atoms with Gasteiger partial charge in [0.15, 0.2) is 5.16 Å². The molecule has 2 N–H and O–H groups in total. The summed E-state index contributed by atoms with van der Waals surface area (Å²) in [5, 5.41) is 16.0. The number of hydrogen-bond donors (Lipinski definition) is 2. The maximum atomic E-state index is 11.6. The summed E-state index contributed by atoms with van der Waals surface area (Å²) in [6.45, 7) is 2.81. The second kappa shape index (κ2) is 8.08. The van der Waals surface area contributed by atoms with Crippen molar-refractivity contribution in [1.29, 1.82) is 0 Å². The predicted octanol–water partition coefficient (Wildman–Crippen LogP) is 2.07. The minimum atomic E-state index is -0.152. The molecule has 0 aliphatic heterocycles. The summed E-state index contributed by atoms with van der Waals surface area (Å²) >= 11 is 3.17. The number of nitrogens with zero attached hydrogens (tertiary/aromatic N) is 2. The Bertz CT molecular complexity index is 691. The Labute approximate surface area is 131 Å². The Balaban J connectivity index is 1.98. The van der Waals surface area contributed by atoms with Crippen LogP contribution in [-0.4, -0.2) is 26.5 Å². The highest BCUT2D eigenvalue weighted by Gasteiger charge is 2.08. The van der Waals surface area contributed by atoms with Crippen molar-refractivity contribution in [3.63, 3.8) is 0 Å². The molecule has 2 aromatic rings. The molecule has 2 aromatic heterocycles. The zero-order valence-electron chi connectivity index (χ0n) is 11.8. The van der Waals surface area contributed by atoms with Crippen LogP contribution in [0.3, 0.4) is 0 Å². The van der Waals surface area contributed by atoms with Gasteiger partial charge in [-0.15, -0.1) is 16.4 Å². The summed E-state index contributed by atoms with van der Waals surface area (Å²) in [7, 11) is 0. The van der Waals surface area contributed by atoms with Crippen LogP contribution in [0, 0.1) is 11.8 Å². The molecule has 0 aliphatic rings. The normalized spacial score (nSPS) is 10.4. The van der Waals surface area contributed by atoms with Crippen molar-refractivity contribution in [3.05, 3.63) is 32.4 Å². The molecule has 0 spiro atoms. The fraction of sp³-hybridized carbons (Fsp3) is 0.429. The van der Waals surface area contributed by atoms with Gasteiger partial charge >= 0.3 is 5.69 Å². The summed E-state index contributed by atoms with van der Waals surface area (Å²) in [6, 6.07) is 4.02. The maximum Gasteiger partial charge on any atom is 0.343 e. The number of aliphatic hydroxyl groups excluding tert-OH is 1. The van der Waals surface area contributed by atoms with Gasteiger partial charge in [-0.3, -0.25) is 4.57 Å². The van der Waals surface area contributed by atoms with Crippen molar-refractivity contribution < 1.29 is 5.11 Å². The van der Waals surface area contributed by atoms with Gasteiger partial charge in [-0.1, -0.05) is 30.5 Å². The highest BCUT2D eigenvalue weighted by atomic mass is 32.2. The number of aliphatic hydroxyl groups is 1. The first kappa shape index (κ1) is 15.9. The Morgan fingerprint density at radius 3 is 3.14 bits per heavy atom. The van der Waals surface area contributed by atoms with E-state index in [2.05, 4.69) is 22.0 Å². The lowest BCUT2D eigenvalue weighted by Crippen LogP contribution is -2.17. The van der Waals surface area contributed by atoms with Crippen molar-refractivity contribution in [3.8, 4) is 11.8 Å². The molecule has 5 nitrogen and oxygen atoms in total. The van der Waals surface area contributed by atoms with Gasteiger partial charge in [0, 0.05) is 23.6 Å². The topological polar surface area (TPSA) is 70.9 Å². The van der Waals surface area contributed by atoms with Crippen LogP contribution >= 0.6 is 23.1 Å². The fourth-order valence-electron chi connectivity index (χ4n) is 1.70. The van der Waals surface area contributed by atoms with Gasteiger partial charge in [-0.25, -0.2) is 9.89 Å². The average Bonchev–Trinajstić information content (AvgIpc) is 3.06. The fourth-order valence-corrected chi connectivity index (χ4v) is 3.60. The Morgan fingerprint density at radius 1 is 1.52 bits per heavy atom. The lowest BCUT2D eigenvalue weighted by atomic mass is 10.4. The molecule has 0 amide bonds. The van der Waals surface area contributed by atoms with E-state index in [1.54, 1.807) is 27.7 Å². The quantitative estimate of drug-likeness (QED) is 0.631. The number of rotatable bonds is 6. The maximum absolute atomic E-state index is 11.6. The van der Waals surface area contributed by atoms with Crippen LogP contribution in [0.25, 0.3) is 0 Å². The molecule has 112 valence electrons. The monoisotopic (exact) mass is 323 g/mol. The summed E-state index contributed by atoms with van der Waals surface area (Å²) in [6.07, 6.45) is 1.40. The molecule has 0 fully saturated rings. The highest BCUT2D eigenvalue weighted by Crippen LogP contribution is 2.24. The van der Waals surface area contributed by atoms with Crippen molar-refractivity contribution in [2.24, 2.45) is 0 Å². The molecular formula is C14H17N3O2S2. The number of aromatic nitrogens is 3. The minimum absolute atomic E-state index is 0.0925. The van der Waals surface area contributed by atoms with Crippen LogP contribution in [0.15, 0.2) is 22.1 Å². The molecule has 2 heterocycles. The molecular weight excluding hydrogens is 306 g/mol. The van der Waals surface area contributed by atoms with E-state index in [0.29, 0.717) is 13.0 Å². The molecule has 0 aromatic carbocycles. The van der Waals surface area contributed by atoms with E-state index in [0.717, 1.165) is 22.2 Å². The van der Waals surface area contributed by atoms with Crippen molar-refractivity contribution in [1.82, 2.24) is 14.8 Å². The zero-order chi connectivity index (χ0) is 15.1. The zero-order valence-corrected chi connectivity index (χ0v) is 13.4. The van der Waals surface area contributed by atoms with E-state index in [1.807, 2.05) is 19.1 Å². The second-order valence-electron chi connectivity index (χ2n) is 4.29. The van der Waals surface area contributed by atoms with Crippen LogP contribution in [0.5, 0.6) is 0 Å². The van der Waals surface area contributed by atoms with Crippen LogP contribution in [0.4, 0.5) is 0 Å². The molecule has 0 unspecified atom stereocenters. The third kappa shape index (κ3) is 4.49. The molecule has 7 heteroatoms. The number of aromatic amines is 1. The minimum Gasteiger partial charge on any atom is -0.395 e. The smallest absolute Gasteiger partial charge is 0.343 e. The molecule has 2 rings (SSSR count). The van der Waals surface area contributed by atoms with E-state index in [4.69, 9.17) is 5.11 Å². The van der Waals surface area contributed by atoms with Crippen molar-refractivity contribution >= 4 is 23.1 Å². The van der Waals surface area contributed by atoms with Crippen LogP contribution in [0.1, 0.15) is 29.5 Å². The van der Waals surface area contributed by atoms with E-state index in [-0.39, 0.29) is 12.3 Å². The number of H-pyrrole nitrogens is 1. The first-order chi connectivity index (χ1) is 10.2. The summed E-state index contributed by atoms with van der Waals surface area (Å²) < 4.78 is 1.67. The molecule has 0 aliphatic carbocycles. The largest absolute Gasteiger partial charge is 0.395 e. The lowest BCUT2D eigenvalue weighted by Gasteiger charge is -2.02. The first-order valence-corrected chi connectivity index (χ1v) is 8.51. The van der Waals surface area contributed by atoms with E-state index < -0.39 is 0 Å². The SMILES string of the molecule is CCCn1c(SCc2ccc(C#CCCO)s2)n[nH]c1=O. The van der Waals surface area contributed by atoms with E-state index in [9.17, 15) is 4.79 Å². The van der Waals surface area contributed by atoms with Crippen LogP contribution in [-0.2, 0) is 12.3 Å². The Hall–Kier alpha value is -1.49. The van der Waals surface area contributed by atoms with Crippen molar-refractivity contribution in [2.75, 3.05) is 6.61 Å². The molecule has 21 heavy (non-hydrogen) atoms. The van der Waals surface area contributed by atoms with Gasteiger partial charge in [0.05, 0.1) is 11.5 Å². The first-order valence-electron chi connectivity index (χ1n) is 6.71. The van der Waals surface area contributed by atoms with Gasteiger partial charge in [-0.2, -0.15) is 0 Å². The standard InChI is InChI=1S/C14H17N3O2S2/c1-2-8-17-13(19)15-16-14(17)20-10-12-7-6-11(21-12)5-3-4-9-18/h6-7,18H,2,4,8-10H2,1H3,(H,15,19). The third-order valence-corrected chi connectivity index (χ3v) is 4.83. The molecule has 0 saturated heterocycles. The Kier molecular flexibility index (Phi) is 6.11. The van der Waals surface area contributed by atoms with Gasteiger partial charge in [-0.05, 0) is 18.6 Å². The molecule has 0 atom stereocenters. The number of hydrogen-bond acceptors (Lipinski definition) is 5. The van der Waals surface area contributed by atoms with E-state index in [1.165, 1.54) is 4.88 Å². The van der Waals surface area contributed by atoms with Crippen LogP contribution < -0.4 is 5.69 Å². The van der Waals surface area contributed by atoms with Gasteiger partial charge in [0.25, 0.3) is 0 Å². The van der Waals surface area contributed by atoms with Gasteiger partial charge in [0.1, 0.15) is 0 Å². The predicted molar refractivity (Wildman–Crippen MR) is 85.6 cm³/mol. The number of nitrogens with one attached hydrogen (secondary N) is 1. The second-order valence-corrected chi connectivity index (χ2v) is 6.40. The van der Waals surface area contributed by atoms with Gasteiger partial charge in [0.2, 0.25) is 0 Å². The molecule has 0 saturated carbocycles. The Morgan fingerprint density at radius 2 is 2.38 bits per heavy atom. The molecule has 0 radical (unpaired) electrons. The highest BCUT2D eigenvalue weighted by molar-refractivity contribution is 7.98. The lowest BCUT2D eigenvalue weighted by molar-refractivity contribution is 0.305. The van der Waals surface area contributed by atoms with Gasteiger partial charge < -0.3 is 5.11 Å². The number of thiophene rings is 1. The number of thioether (sulfide) groups is 1. The summed E-state index contributed by atoms with van der Waals surface area (Å²) in [4.78, 5) is 13.8. The van der Waals surface area contributed by atoms with E-state index >= 15 is 0 Å². The summed E-state index contributed by atoms with van der Waals surface area (Å²) in [5.41, 5.74) is -0.152. The van der Waals surface area contributed by atoms with Crippen LogP contribution in [0.2, 0.25) is 0 Å².